The molecule has 0 aliphatic rings. The monoisotopic (exact) mass is 501 g/mol. The summed E-state index contributed by atoms with van der Waals surface area (Å²) in [5.74, 6) is -0.0537. The number of carbonyl (C=O) groups is 1. The summed E-state index contributed by atoms with van der Waals surface area (Å²) in [4.78, 5) is 12.5. The van der Waals surface area contributed by atoms with E-state index in [1.807, 2.05) is 0 Å². The van der Waals surface area contributed by atoms with Crippen molar-refractivity contribution in [3.63, 3.8) is 0 Å². The molecule has 11 heteroatoms. The number of nitrogens with one attached hydrogen (secondary N) is 1. The van der Waals surface area contributed by atoms with Gasteiger partial charge in [0.25, 0.3) is 15.9 Å². The highest BCUT2D eigenvalue weighted by Gasteiger charge is 2.28. The van der Waals surface area contributed by atoms with Gasteiger partial charge in [-0.1, -0.05) is 0 Å². The third kappa shape index (κ3) is 6.27. The molecule has 3 aromatic rings. The summed E-state index contributed by atoms with van der Waals surface area (Å²) in [6, 6.07) is 15.7. The number of rotatable bonds is 10. The Morgan fingerprint density at radius 1 is 0.943 bits per heavy atom. The molecule has 0 unspecified atom stereocenters. The van der Waals surface area contributed by atoms with E-state index in [4.69, 9.17) is 14.2 Å². The first-order valence-electron chi connectivity index (χ1n) is 10.2. The Balaban J connectivity index is 1.86. The average Bonchev–Trinajstić information content (AvgIpc) is 2.87. The van der Waals surface area contributed by atoms with Crippen LogP contribution in [0.2, 0.25) is 0 Å². The lowest BCUT2D eigenvalue weighted by molar-refractivity contribution is -0.119. The number of amides is 1. The minimum absolute atomic E-state index is 0.0930. The Morgan fingerprint density at radius 2 is 1.60 bits per heavy atom. The van der Waals surface area contributed by atoms with E-state index >= 15 is 0 Å². The van der Waals surface area contributed by atoms with Crippen molar-refractivity contribution in [2.24, 2.45) is 5.10 Å². The van der Waals surface area contributed by atoms with Crippen LogP contribution in [-0.2, 0) is 14.8 Å². The highest BCUT2D eigenvalue weighted by molar-refractivity contribution is 7.92. The molecule has 0 aliphatic carbocycles. The van der Waals surface area contributed by atoms with E-state index < -0.39 is 28.3 Å². The van der Waals surface area contributed by atoms with Gasteiger partial charge >= 0.3 is 0 Å². The van der Waals surface area contributed by atoms with E-state index in [-0.39, 0.29) is 16.3 Å². The smallest absolute Gasteiger partial charge is 0.264 e. The fourth-order valence-electron chi connectivity index (χ4n) is 3.06. The number of hydrogen-bond donors (Lipinski definition) is 1. The Hall–Kier alpha value is -4.12. The largest absolute Gasteiger partial charge is 0.497 e. The lowest BCUT2D eigenvalue weighted by Crippen LogP contribution is -2.39. The number of benzene rings is 3. The number of carbonyl (C=O) groups excluding carboxylic acids is 1. The van der Waals surface area contributed by atoms with Crippen molar-refractivity contribution in [3.8, 4) is 17.2 Å². The highest BCUT2D eigenvalue weighted by atomic mass is 32.2. The van der Waals surface area contributed by atoms with Crippen LogP contribution in [0.5, 0.6) is 17.2 Å². The first kappa shape index (κ1) is 25.5. The van der Waals surface area contributed by atoms with Gasteiger partial charge in [0, 0.05) is 6.07 Å². The van der Waals surface area contributed by atoms with Crippen molar-refractivity contribution in [3.05, 3.63) is 78.1 Å². The Morgan fingerprint density at radius 3 is 2.20 bits per heavy atom. The topological polar surface area (TPSA) is 107 Å². The minimum Gasteiger partial charge on any atom is -0.497 e. The summed E-state index contributed by atoms with van der Waals surface area (Å²) in [5, 5.41) is 3.88. The summed E-state index contributed by atoms with van der Waals surface area (Å²) in [6.45, 7) is -0.609. The Kier molecular flexibility index (Phi) is 8.26. The molecule has 0 saturated heterocycles. The molecule has 0 heterocycles. The Bertz CT molecular complexity index is 1300. The highest BCUT2D eigenvalue weighted by Crippen LogP contribution is 2.32. The first-order chi connectivity index (χ1) is 16.8. The number of sulfonamides is 1. The number of hydrazone groups is 1. The molecular weight excluding hydrogens is 477 g/mol. The van der Waals surface area contributed by atoms with Crippen LogP contribution in [0.25, 0.3) is 0 Å². The van der Waals surface area contributed by atoms with Crippen LogP contribution in [0, 0.1) is 5.82 Å². The van der Waals surface area contributed by atoms with Crippen LogP contribution in [0.4, 0.5) is 10.1 Å². The summed E-state index contributed by atoms with van der Waals surface area (Å²) >= 11 is 0. The van der Waals surface area contributed by atoms with Gasteiger partial charge in [0.1, 0.15) is 18.1 Å². The second kappa shape index (κ2) is 11.3. The molecule has 3 aromatic carbocycles. The van der Waals surface area contributed by atoms with E-state index in [1.54, 1.807) is 31.4 Å². The maximum absolute atomic E-state index is 13.5. The zero-order valence-corrected chi connectivity index (χ0v) is 20.1. The number of halogens is 1. The molecule has 0 fully saturated rings. The molecule has 1 amide bonds. The van der Waals surface area contributed by atoms with E-state index in [0.717, 1.165) is 16.4 Å². The molecule has 0 atom stereocenters. The van der Waals surface area contributed by atoms with Gasteiger partial charge in [-0.15, -0.1) is 0 Å². The van der Waals surface area contributed by atoms with Crippen molar-refractivity contribution in [1.29, 1.82) is 0 Å². The summed E-state index contributed by atoms with van der Waals surface area (Å²) in [6.07, 6.45) is 1.41. The average molecular weight is 502 g/mol. The van der Waals surface area contributed by atoms with E-state index in [1.165, 1.54) is 50.8 Å². The van der Waals surface area contributed by atoms with E-state index in [2.05, 4.69) is 10.5 Å². The third-order valence-electron chi connectivity index (χ3n) is 4.86. The van der Waals surface area contributed by atoms with Gasteiger partial charge in [-0.25, -0.2) is 18.2 Å². The zero-order chi connectivity index (χ0) is 25.4. The quantitative estimate of drug-likeness (QED) is 0.338. The number of anilines is 1. The number of hydrogen-bond acceptors (Lipinski definition) is 7. The van der Waals surface area contributed by atoms with Gasteiger partial charge in [-0.2, -0.15) is 5.10 Å². The molecule has 9 nitrogen and oxygen atoms in total. The van der Waals surface area contributed by atoms with Crippen LogP contribution >= 0.6 is 0 Å². The number of nitrogens with zero attached hydrogens (tertiary/aromatic N) is 2. The van der Waals surface area contributed by atoms with Gasteiger partial charge < -0.3 is 14.2 Å². The second-order valence-corrected chi connectivity index (χ2v) is 8.93. The summed E-state index contributed by atoms with van der Waals surface area (Å²) in [5.41, 5.74) is 3.10. The van der Waals surface area contributed by atoms with Crippen LogP contribution < -0.4 is 23.9 Å². The lowest BCUT2D eigenvalue weighted by atomic mass is 10.2. The number of methoxy groups -OCH3 is 3. The molecule has 0 bridgehead atoms. The molecule has 0 aromatic heterocycles. The molecule has 0 spiro atoms. The van der Waals surface area contributed by atoms with Gasteiger partial charge in [-0.05, 0) is 66.2 Å². The van der Waals surface area contributed by atoms with Crippen molar-refractivity contribution in [2.45, 2.75) is 4.90 Å². The van der Waals surface area contributed by atoms with Gasteiger partial charge in [0.2, 0.25) is 0 Å². The maximum Gasteiger partial charge on any atom is 0.264 e. The lowest BCUT2D eigenvalue weighted by Gasteiger charge is -2.24. The summed E-state index contributed by atoms with van der Waals surface area (Å²) < 4.78 is 56.7. The molecule has 184 valence electrons. The Labute approximate surface area is 202 Å². The van der Waals surface area contributed by atoms with Gasteiger partial charge in [0.15, 0.2) is 11.5 Å². The van der Waals surface area contributed by atoms with Crippen molar-refractivity contribution >= 4 is 27.8 Å². The summed E-state index contributed by atoms with van der Waals surface area (Å²) in [7, 11) is 0.0916. The van der Waals surface area contributed by atoms with Crippen LogP contribution in [0.1, 0.15) is 5.56 Å². The normalized spacial score (nSPS) is 11.2. The molecule has 3 rings (SSSR count). The standard InChI is InChI=1S/C24H24FN3O6S/c1-32-20-10-4-17(5-11-20)15-26-27-24(29)16-28(19-8-6-18(25)7-9-19)35(30,31)21-12-13-22(33-2)23(14-21)34-3/h4-15H,16H2,1-3H3,(H,27,29)/b26-15-. The van der Waals surface area contributed by atoms with E-state index in [0.29, 0.717) is 17.1 Å². The molecular formula is C24H24FN3O6S. The maximum atomic E-state index is 13.5. The van der Waals surface area contributed by atoms with Crippen molar-refractivity contribution < 1.29 is 31.8 Å². The number of ether oxygens (including phenoxy) is 3. The SMILES string of the molecule is COc1ccc(/C=N\NC(=O)CN(c2ccc(F)cc2)S(=O)(=O)c2ccc(OC)c(OC)c2)cc1. The molecule has 0 saturated carbocycles. The molecule has 35 heavy (non-hydrogen) atoms. The molecule has 1 N–H and O–H groups in total. The van der Waals surface area contributed by atoms with Gasteiger partial charge in [-0.3, -0.25) is 9.10 Å². The minimum atomic E-state index is -4.26. The first-order valence-corrected chi connectivity index (χ1v) is 11.7. The molecule has 0 aliphatic heterocycles. The third-order valence-corrected chi connectivity index (χ3v) is 6.63. The fraction of sp³-hybridized carbons (Fsp3) is 0.167. The van der Waals surface area contributed by atoms with Crippen molar-refractivity contribution in [2.75, 3.05) is 32.2 Å². The predicted octanol–water partition coefficient (Wildman–Crippen LogP) is 3.20. The van der Waals surface area contributed by atoms with Gasteiger partial charge in [0.05, 0.1) is 38.1 Å². The van der Waals surface area contributed by atoms with Crippen LogP contribution in [0.3, 0.4) is 0 Å². The zero-order valence-electron chi connectivity index (χ0n) is 19.3. The molecule has 0 radical (unpaired) electrons. The van der Waals surface area contributed by atoms with Crippen molar-refractivity contribution in [1.82, 2.24) is 5.43 Å². The fourth-order valence-corrected chi connectivity index (χ4v) is 4.50. The van der Waals surface area contributed by atoms with Crippen LogP contribution in [0.15, 0.2) is 76.7 Å². The van der Waals surface area contributed by atoms with E-state index in [9.17, 15) is 17.6 Å². The predicted molar refractivity (Wildman–Crippen MR) is 129 cm³/mol. The second-order valence-electron chi connectivity index (χ2n) is 7.07. The van der Waals surface area contributed by atoms with Crippen LogP contribution in [-0.4, -0.2) is 48.4 Å².